The van der Waals surface area contributed by atoms with Crippen LogP contribution in [-0.2, 0) is 0 Å². The molecule has 0 amide bonds. The lowest BCUT2D eigenvalue weighted by Gasteiger charge is -2.07. The molecule has 0 nitrogen and oxygen atoms in total. The van der Waals surface area contributed by atoms with Crippen LogP contribution in [0.2, 0.25) is 0 Å². The second-order valence-electron chi connectivity index (χ2n) is 3.59. The van der Waals surface area contributed by atoms with E-state index in [9.17, 15) is 0 Å². The molecule has 0 aliphatic carbocycles. The minimum atomic E-state index is 0.786. The molecule has 0 radical (unpaired) electrons. The molecule has 1 atom stereocenters. The lowest BCUT2D eigenvalue weighted by molar-refractivity contribution is 0.588. The van der Waals surface area contributed by atoms with Gasteiger partial charge in [-0.2, -0.15) is 0 Å². The average molecular weight is 235 g/mol. The van der Waals surface area contributed by atoms with Gasteiger partial charge >= 0.3 is 0 Å². The minimum Gasteiger partial charge on any atom is -0.0891 e. The number of hydrogen-bond donors (Lipinski definition) is 0. The third-order valence-corrected chi connectivity index (χ3v) is 3.16. The summed E-state index contributed by atoms with van der Waals surface area (Å²) in [5, 5.41) is 0. The second-order valence-corrected chi connectivity index (χ2v) is 4.88. The van der Waals surface area contributed by atoms with E-state index in [-0.39, 0.29) is 0 Å². The van der Waals surface area contributed by atoms with Gasteiger partial charge in [-0.15, -0.1) is 0 Å². The molecule has 0 bridgehead atoms. The first-order chi connectivity index (χ1) is 5.81. The fourth-order valence-corrected chi connectivity index (χ4v) is 2.01. The summed E-state index contributed by atoms with van der Waals surface area (Å²) >= 11 is 3.73. The molecule has 0 saturated carbocycles. The highest BCUT2D eigenvalue weighted by molar-refractivity contribution is 9.09. The van der Waals surface area contributed by atoms with Crippen LogP contribution in [0.25, 0.3) is 0 Å². The van der Waals surface area contributed by atoms with Crippen LogP contribution >= 0.6 is 15.9 Å². The van der Waals surface area contributed by atoms with Crippen LogP contribution in [0.15, 0.2) is 0 Å². The lowest BCUT2D eigenvalue weighted by atomic mass is 10.1. The lowest BCUT2D eigenvalue weighted by Crippen LogP contribution is -1.96. The maximum absolute atomic E-state index is 3.73. The first-order valence-corrected chi connectivity index (χ1v) is 6.36. The number of unbranched alkanes of at least 4 members (excludes halogenated alkanes) is 4. The molecule has 0 unspecified atom stereocenters. The third-order valence-electron chi connectivity index (χ3n) is 2.24. The first kappa shape index (κ1) is 12.5. The van der Waals surface area contributed by atoms with Crippen molar-refractivity contribution >= 4 is 15.9 Å². The van der Waals surface area contributed by atoms with Gasteiger partial charge in [-0.05, 0) is 12.8 Å². The quantitative estimate of drug-likeness (QED) is 0.414. The molecule has 0 aliphatic rings. The number of halogens is 1. The van der Waals surface area contributed by atoms with Gasteiger partial charge in [0.15, 0.2) is 0 Å². The maximum atomic E-state index is 3.73. The van der Waals surface area contributed by atoms with Crippen LogP contribution in [0, 0.1) is 0 Å². The molecule has 0 spiro atoms. The third kappa shape index (κ3) is 8.58. The molecule has 0 rings (SSSR count). The van der Waals surface area contributed by atoms with Gasteiger partial charge in [0.05, 0.1) is 0 Å². The Morgan fingerprint density at radius 3 is 2.00 bits per heavy atom. The van der Waals surface area contributed by atoms with Gasteiger partial charge in [-0.1, -0.05) is 68.3 Å². The molecule has 0 saturated heterocycles. The fourth-order valence-electron chi connectivity index (χ4n) is 1.36. The van der Waals surface area contributed by atoms with Crippen molar-refractivity contribution < 1.29 is 0 Å². The van der Waals surface area contributed by atoms with Gasteiger partial charge < -0.3 is 0 Å². The predicted molar refractivity (Wildman–Crippen MR) is 61.0 cm³/mol. The molecule has 12 heavy (non-hydrogen) atoms. The van der Waals surface area contributed by atoms with Crippen LogP contribution in [0.3, 0.4) is 0 Å². The van der Waals surface area contributed by atoms with Crippen molar-refractivity contribution in [3.63, 3.8) is 0 Å². The summed E-state index contributed by atoms with van der Waals surface area (Å²) in [5.41, 5.74) is 0. The molecule has 0 fully saturated rings. The summed E-state index contributed by atoms with van der Waals surface area (Å²) in [6.45, 7) is 4.53. The van der Waals surface area contributed by atoms with Crippen molar-refractivity contribution in [2.24, 2.45) is 0 Å². The second kappa shape index (κ2) is 9.57. The van der Waals surface area contributed by atoms with Gasteiger partial charge in [0.2, 0.25) is 0 Å². The van der Waals surface area contributed by atoms with Gasteiger partial charge in [0.25, 0.3) is 0 Å². The molecule has 74 valence electrons. The van der Waals surface area contributed by atoms with Crippen LogP contribution in [0.5, 0.6) is 0 Å². The van der Waals surface area contributed by atoms with Gasteiger partial charge in [0.1, 0.15) is 0 Å². The monoisotopic (exact) mass is 234 g/mol. The number of alkyl halides is 1. The first-order valence-electron chi connectivity index (χ1n) is 5.45. The zero-order valence-corrected chi connectivity index (χ0v) is 10.2. The molecular weight excluding hydrogens is 212 g/mol. The Bertz CT molecular complexity index is 81.1. The van der Waals surface area contributed by atoms with Gasteiger partial charge in [-0.25, -0.2) is 0 Å². The highest BCUT2D eigenvalue weighted by Crippen LogP contribution is 2.17. The van der Waals surface area contributed by atoms with E-state index in [1.165, 1.54) is 51.4 Å². The maximum Gasteiger partial charge on any atom is 0.0145 e. The Morgan fingerprint density at radius 1 is 0.833 bits per heavy atom. The Labute approximate surface area is 86.3 Å². The van der Waals surface area contributed by atoms with Gasteiger partial charge in [0, 0.05) is 4.83 Å². The van der Waals surface area contributed by atoms with Crippen molar-refractivity contribution in [1.82, 2.24) is 0 Å². The van der Waals surface area contributed by atoms with E-state index < -0.39 is 0 Å². The normalized spacial score (nSPS) is 13.2. The number of hydrogen-bond acceptors (Lipinski definition) is 0. The molecule has 1 heteroatoms. The highest BCUT2D eigenvalue weighted by atomic mass is 79.9. The van der Waals surface area contributed by atoms with Crippen molar-refractivity contribution in [3.05, 3.63) is 0 Å². The smallest absolute Gasteiger partial charge is 0.0145 e. The Balaban J connectivity index is 3.02. The van der Waals surface area contributed by atoms with Crippen LogP contribution in [0.1, 0.15) is 65.2 Å². The average Bonchev–Trinajstić information content (AvgIpc) is 2.09. The van der Waals surface area contributed by atoms with E-state index in [2.05, 4.69) is 29.8 Å². The minimum absolute atomic E-state index is 0.786. The predicted octanol–water partition coefficient (Wildman–Crippen LogP) is 4.91. The summed E-state index contributed by atoms with van der Waals surface area (Å²) in [7, 11) is 0. The van der Waals surface area contributed by atoms with E-state index in [1.807, 2.05) is 0 Å². The van der Waals surface area contributed by atoms with E-state index in [1.54, 1.807) is 0 Å². The summed E-state index contributed by atoms with van der Waals surface area (Å²) in [5.74, 6) is 0. The summed E-state index contributed by atoms with van der Waals surface area (Å²) in [6, 6.07) is 0. The van der Waals surface area contributed by atoms with E-state index in [4.69, 9.17) is 0 Å². The Hall–Kier alpha value is 0.480. The molecule has 0 heterocycles. The Kier molecular flexibility index (Phi) is 9.95. The highest BCUT2D eigenvalue weighted by Gasteiger charge is 2.01. The molecular formula is C11H23Br. The van der Waals surface area contributed by atoms with Crippen LogP contribution in [0.4, 0.5) is 0 Å². The van der Waals surface area contributed by atoms with Crippen molar-refractivity contribution in [3.8, 4) is 0 Å². The zero-order chi connectivity index (χ0) is 9.23. The van der Waals surface area contributed by atoms with Crippen LogP contribution in [-0.4, -0.2) is 4.83 Å². The van der Waals surface area contributed by atoms with Gasteiger partial charge in [-0.3, -0.25) is 0 Å². The van der Waals surface area contributed by atoms with Crippen molar-refractivity contribution in [1.29, 1.82) is 0 Å². The Morgan fingerprint density at radius 2 is 1.42 bits per heavy atom. The summed E-state index contributed by atoms with van der Waals surface area (Å²) in [4.78, 5) is 0.786. The van der Waals surface area contributed by atoms with Crippen molar-refractivity contribution in [2.45, 2.75) is 70.0 Å². The van der Waals surface area contributed by atoms with E-state index in [0.717, 1.165) is 4.83 Å². The van der Waals surface area contributed by atoms with E-state index >= 15 is 0 Å². The van der Waals surface area contributed by atoms with E-state index in [0.29, 0.717) is 0 Å². The number of rotatable bonds is 8. The van der Waals surface area contributed by atoms with Crippen molar-refractivity contribution in [2.75, 3.05) is 0 Å². The molecule has 0 aromatic heterocycles. The largest absolute Gasteiger partial charge is 0.0891 e. The summed E-state index contributed by atoms with van der Waals surface area (Å²) in [6.07, 6.45) is 11.0. The topological polar surface area (TPSA) is 0 Å². The zero-order valence-electron chi connectivity index (χ0n) is 8.61. The van der Waals surface area contributed by atoms with Crippen LogP contribution < -0.4 is 0 Å². The standard InChI is InChI=1S/C11H23Br/c1-3-5-7-8-10-11(12)9-6-4-2/h11H,3-10H2,1-2H3/t11-/m1/s1. The SMILES string of the molecule is CCCCCC[C@H](Br)CCCC. The molecule has 0 aromatic rings. The molecule has 0 aromatic carbocycles. The molecule has 0 N–H and O–H groups in total. The molecule has 0 aliphatic heterocycles. The summed E-state index contributed by atoms with van der Waals surface area (Å²) < 4.78 is 0. The fraction of sp³-hybridized carbons (Fsp3) is 1.00.